The van der Waals surface area contributed by atoms with Gasteiger partial charge in [0, 0.05) is 35.2 Å². The number of aromatic amines is 1. The van der Waals surface area contributed by atoms with Crippen LogP contribution in [0, 0.1) is 11.3 Å². The van der Waals surface area contributed by atoms with Gasteiger partial charge >= 0.3 is 0 Å². The minimum atomic E-state index is -1.03. The summed E-state index contributed by atoms with van der Waals surface area (Å²) in [6.07, 6.45) is 6.22. The van der Waals surface area contributed by atoms with E-state index in [0.29, 0.717) is 24.0 Å². The predicted molar refractivity (Wildman–Crippen MR) is 112 cm³/mol. The number of fused-ring (bicyclic) bond motifs is 2. The number of H-pyrrole nitrogens is 1. The SMILES string of the molecule is C[SiH](C)OC(C[C@H]1CN[C@@H]2Cc3c[nH]c4cccc(c34)[C@H]2C1)C(C)(C)C. The molecular weight excluding hydrogens is 336 g/mol. The minimum absolute atomic E-state index is 0.217. The second-order valence-electron chi connectivity index (χ2n) is 9.79. The zero-order valence-corrected chi connectivity index (χ0v) is 18.1. The van der Waals surface area contributed by atoms with Crippen LogP contribution in [0.25, 0.3) is 10.9 Å². The van der Waals surface area contributed by atoms with E-state index in [4.69, 9.17) is 4.43 Å². The van der Waals surface area contributed by atoms with E-state index in [1.54, 1.807) is 5.56 Å². The molecule has 142 valence electrons. The third-order valence-electron chi connectivity index (χ3n) is 6.35. The molecule has 1 aromatic carbocycles. The maximum atomic E-state index is 6.46. The monoisotopic (exact) mass is 370 g/mol. The van der Waals surface area contributed by atoms with Crippen molar-refractivity contribution in [1.29, 1.82) is 0 Å². The van der Waals surface area contributed by atoms with E-state index >= 15 is 0 Å². The maximum Gasteiger partial charge on any atom is 0.171 e. The van der Waals surface area contributed by atoms with Crippen LogP contribution >= 0.6 is 0 Å². The highest BCUT2D eigenvalue weighted by Gasteiger charge is 2.38. The fourth-order valence-electron chi connectivity index (χ4n) is 5.04. The number of aromatic nitrogens is 1. The summed E-state index contributed by atoms with van der Waals surface area (Å²) in [6.45, 7) is 12.7. The van der Waals surface area contributed by atoms with Gasteiger partial charge < -0.3 is 14.7 Å². The average Bonchev–Trinajstić information content (AvgIpc) is 2.98. The molecule has 0 bridgehead atoms. The molecule has 0 saturated carbocycles. The Kier molecular flexibility index (Phi) is 4.78. The summed E-state index contributed by atoms with van der Waals surface area (Å²) in [5.74, 6) is 1.33. The first kappa shape index (κ1) is 18.3. The number of nitrogens with one attached hydrogen (secondary N) is 2. The van der Waals surface area contributed by atoms with Crippen LogP contribution in [0.1, 0.15) is 50.7 Å². The third-order valence-corrected chi connectivity index (χ3v) is 7.22. The first-order valence-corrected chi connectivity index (χ1v) is 13.1. The fourth-order valence-corrected chi connectivity index (χ4v) is 6.22. The summed E-state index contributed by atoms with van der Waals surface area (Å²) >= 11 is 0. The van der Waals surface area contributed by atoms with Crippen molar-refractivity contribution in [3.8, 4) is 0 Å². The van der Waals surface area contributed by atoms with Crippen molar-refractivity contribution in [1.82, 2.24) is 10.3 Å². The molecule has 1 aliphatic heterocycles. The van der Waals surface area contributed by atoms with Gasteiger partial charge in [-0.15, -0.1) is 0 Å². The molecule has 0 spiro atoms. The van der Waals surface area contributed by atoms with Crippen molar-refractivity contribution in [3.05, 3.63) is 35.5 Å². The standard InChI is InChI=1S/C22H34N2OSi/c1-22(2,3)20(25-26(4)5)10-14-9-17-16-7-6-8-18-21(16)15(13-24-18)11-19(17)23-12-14/h6-8,13-14,17,19-20,23-24,26H,9-12H2,1-5H3/t14-,17+,19+,20?/m0/s1. The van der Waals surface area contributed by atoms with Crippen molar-refractivity contribution in [2.45, 2.75) is 71.2 Å². The zero-order valence-electron chi connectivity index (χ0n) is 16.9. The van der Waals surface area contributed by atoms with Crippen LogP contribution in [-0.2, 0) is 10.8 Å². The Bertz CT molecular complexity index is 776. The van der Waals surface area contributed by atoms with Gasteiger partial charge in [0.2, 0.25) is 0 Å². The van der Waals surface area contributed by atoms with Gasteiger partial charge in [0.25, 0.3) is 0 Å². The lowest BCUT2D eigenvalue weighted by Gasteiger charge is -2.43. The van der Waals surface area contributed by atoms with E-state index in [0.717, 1.165) is 13.0 Å². The second-order valence-corrected chi connectivity index (χ2v) is 12.2. The highest BCUT2D eigenvalue weighted by atomic mass is 28.3. The molecule has 1 aromatic heterocycles. The van der Waals surface area contributed by atoms with Crippen LogP contribution in [-0.4, -0.2) is 32.7 Å². The van der Waals surface area contributed by atoms with E-state index < -0.39 is 9.04 Å². The van der Waals surface area contributed by atoms with Crippen LogP contribution in [0.15, 0.2) is 24.4 Å². The molecule has 1 unspecified atom stereocenters. The molecule has 1 aliphatic carbocycles. The largest absolute Gasteiger partial charge is 0.417 e. The lowest BCUT2D eigenvalue weighted by molar-refractivity contribution is 0.0543. The van der Waals surface area contributed by atoms with Gasteiger partial charge in [-0.05, 0) is 67.4 Å². The molecule has 4 heteroatoms. The highest BCUT2D eigenvalue weighted by Crippen LogP contribution is 2.43. The second kappa shape index (κ2) is 6.81. The van der Waals surface area contributed by atoms with Gasteiger partial charge in [0.15, 0.2) is 9.04 Å². The lowest BCUT2D eigenvalue weighted by atomic mass is 9.71. The Morgan fingerprint density at radius 3 is 2.81 bits per heavy atom. The molecule has 4 rings (SSSR count). The Morgan fingerprint density at radius 2 is 2.08 bits per heavy atom. The summed E-state index contributed by atoms with van der Waals surface area (Å²) in [7, 11) is -1.03. The Balaban J connectivity index is 1.55. The van der Waals surface area contributed by atoms with E-state index in [1.165, 1.54) is 29.3 Å². The van der Waals surface area contributed by atoms with Crippen molar-refractivity contribution >= 4 is 19.9 Å². The van der Waals surface area contributed by atoms with Gasteiger partial charge in [-0.25, -0.2) is 0 Å². The molecule has 26 heavy (non-hydrogen) atoms. The number of benzene rings is 1. The van der Waals surface area contributed by atoms with Gasteiger partial charge in [-0.1, -0.05) is 32.9 Å². The van der Waals surface area contributed by atoms with Crippen LogP contribution in [0.3, 0.4) is 0 Å². The predicted octanol–water partition coefficient (Wildman–Crippen LogP) is 4.59. The van der Waals surface area contributed by atoms with Crippen LogP contribution in [0.2, 0.25) is 13.1 Å². The van der Waals surface area contributed by atoms with Crippen molar-refractivity contribution in [2.24, 2.45) is 11.3 Å². The molecule has 1 saturated heterocycles. The lowest BCUT2D eigenvalue weighted by Crippen LogP contribution is -2.48. The Hall–Kier alpha value is -1.10. The number of hydrogen-bond acceptors (Lipinski definition) is 2. The zero-order chi connectivity index (χ0) is 18.5. The molecule has 0 radical (unpaired) electrons. The van der Waals surface area contributed by atoms with Gasteiger partial charge in [-0.2, -0.15) is 0 Å². The van der Waals surface area contributed by atoms with Crippen molar-refractivity contribution in [2.75, 3.05) is 6.54 Å². The molecule has 2 aliphatic rings. The van der Waals surface area contributed by atoms with E-state index in [1.807, 2.05) is 0 Å². The van der Waals surface area contributed by atoms with Crippen molar-refractivity contribution in [3.63, 3.8) is 0 Å². The fraction of sp³-hybridized carbons (Fsp3) is 0.636. The topological polar surface area (TPSA) is 37.0 Å². The number of piperidine rings is 1. The summed E-state index contributed by atoms with van der Waals surface area (Å²) < 4.78 is 6.46. The summed E-state index contributed by atoms with van der Waals surface area (Å²) in [5, 5.41) is 5.39. The molecule has 3 nitrogen and oxygen atoms in total. The molecule has 2 N–H and O–H groups in total. The molecule has 0 amide bonds. The van der Waals surface area contributed by atoms with Crippen LogP contribution in [0.5, 0.6) is 0 Å². The van der Waals surface area contributed by atoms with E-state index in [2.05, 4.69) is 68.6 Å². The van der Waals surface area contributed by atoms with Crippen LogP contribution < -0.4 is 5.32 Å². The smallest absolute Gasteiger partial charge is 0.171 e. The quantitative estimate of drug-likeness (QED) is 0.772. The van der Waals surface area contributed by atoms with E-state index in [-0.39, 0.29) is 5.41 Å². The van der Waals surface area contributed by atoms with Gasteiger partial charge in [0.1, 0.15) is 0 Å². The summed E-state index contributed by atoms with van der Waals surface area (Å²) in [5.41, 5.74) is 4.57. The Labute approximate surface area is 159 Å². The first-order chi connectivity index (χ1) is 12.3. The molecule has 2 heterocycles. The third kappa shape index (κ3) is 3.39. The molecule has 4 atom stereocenters. The number of hydrogen-bond donors (Lipinski definition) is 2. The number of rotatable bonds is 4. The Morgan fingerprint density at radius 1 is 1.27 bits per heavy atom. The molecule has 2 aromatic rings. The maximum absolute atomic E-state index is 6.46. The van der Waals surface area contributed by atoms with Gasteiger partial charge in [0.05, 0.1) is 0 Å². The van der Waals surface area contributed by atoms with Gasteiger partial charge in [-0.3, -0.25) is 0 Å². The highest BCUT2D eigenvalue weighted by molar-refractivity contribution is 6.48. The van der Waals surface area contributed by atoms with E-state index in [9.17, 15) is 0 Å². The molecule has 1 fully saturated rings. The average molecular weight is 371 g/mol. The normalized spacial score (nSPS) is 26.9. The minimum Gasteiger partial charge on any atom is -0.417 e. The first-order valence-electron chi connectivity index (χ1n) is 10.3. The van der Waals surface area contributed by atoms with Crippen LogP contribution in [0.4, 0.5) is 0 Å². The molecular formula is C22H34N2OSi. The summed E-state index contributed by atoms with van der Waals surface area (Å²) in [4.78, 5) is 3.47. The van der Waals surface area contributed by atoms with Crippen molar-refractivity contribution < 1.29 is 4.43 Å². The summed E-state index contributed by atoms with van der Waals surface area (Å²) in [6, 6.07) is 7.38.